The van der Waals surface area contributed by atoms with Gasteiger partial charge in [0.1, 0.15) is 0 Å². The number of carbonyl (C=O) groups excluding carboxylic acids is 2. The van der Waals surface area contributed by atoms with Gasteiger partial charge in [0.25, 0.3) is 5.91 Å². The highest BCUT2D eigenvalue weighted by atomic mass is 16.2. The molecule has 4 aliphatic carbocycles. The highest BCUT2D eigenvalue weighted by Gasteiger charge is 2.54. The second-order valence-electron chi connectivity index (χ2n) is 9.93. The third-order valence-electron chi connectivity index (χ3n) is 6.41. The van der Waals surface area contributed by atoms with Crippen molar-refractivity contribution in [1.82, 2.24) is 5.32 Å². The van der Waals surface area contributed by atoms with Crippen LogP contribution >= 0.6 is 0 Å². The lowest BCUT2D eigenvalue weighted by atomic mass is 9.49. The van der Waals surface area contributed by atoms with Gasteiger partial charge >= 0.3 is 0 Å². The normalized spacial score (nSPS) is 32.3. The Kier molecular flexibility index (Phi) is 4.13. The first kappa shape index (κ1) is 17.6. The Morgan fingerprint density at radius 2 is 1.42 bits per heavy atom. The van der Waals surface area contributed by atoms with Crippen molar-refractivity contribution in [3.05, 3.63) is 29.8 Å². The summed E-state index contributed by atoms with van der Waals surface area (Å²) in [7, 11) is 0. The Morgan fingerprint density at radius 1 is 0.923 bits per heavy atom. The summed E-state index contributed by atoms with van der Waals surface area (Å²) in [4.78, 5) is 25.3. The maximum atomic E-state index is 13.1. The molecule has 4 nitrogen and oxygen atoms in total. The molecule has 0 saturated heterocycles. The van der Waals surface area contributed by atoms with Crippen LogP contribution in [0.2, 0.25) is 0 Å². The Morgan fingerprint density at radius 3 is 1.88 bits per heavy atom. The third-order valence-corrected chi connectivity index (χ3v) is 6.41. The first-order valence-electron chi connectivity index (χ1n) is 9.96. The number of rotatable bonds is 3. The van der Waals surface area contributed by atoms with Crippen molar-refractivity contribution in [3.8, 4) is 0 Å². The van der Waals surface area contributed by atoms with E-state index < -0.39 is 0 Å². The molecule has 140 valence electrons. The first-order chi connectivity index (χ1) is 12.2. The van der Waals surface area contributed by atoms with Crippen LogP contribution in [0.15, 0.2) is 24.3 Å². The fourth-order valence-corrected chi connectivity index (χ4v) is 5.77. The third kappa shape index (κ3) is 3.38. The summed E-state index contributed by atoms with van der Waals surface area (Å²) in [5.74, 6) is 2.39. The molecule has 0 unspecified atom stereocenters. The zero-order valence-electron chi connectivity index (χ0n) is 16.1. The summed E-state index contributed by atoms with van der Waals surface area (Å²) in [6, 6.07) is 7.26. The average molecular weight is 354 g/mol. The lowest BCUT2D eigenvalue weighted by molar-refractivity contribution is -0.140. The summed E-state index contributed by atoms with van der Waals surface area (Å²) in [5, 5.41) is 6.10. The van der Waals surface area contributed by atoms with Crippen molar-refractivity contribution in [1.29, 1.82) is 0 Å². The SMILES string of the molecule is CC(C)(C)NC(=O)c1ccc(NC(=O)C23CC4CC(CC(C4)C2)C3)cc1. The van der Waals surface area contributed by atoms with Gasteiger partial charge in [-0.3, -0.25) is 9.59 Å². The Labute approximate surface area is 156 Å². The molecule has 0 atom stereocenters. The number of anilines is 1. The molecule has 0 aromatic heterocycles. The molecule has 1 aromatic carbocycles. The Bertz CT molecular complexity index is 679. The van der Waals surface area contributed by atoms with Gasteiger partial charge in [-0.05, 0) is 101 Å². The fourth-order valence-electron chi connectivity index (χ4n) is 5.77. The van der Waals surface area contributed by atoms with Gasteiger partial charge in [0.2, 0.25) is 5.91 Å². The lowest BCUT2D eigenvalue weighted by Gasteiger charge is -2.55. The Hall–Kier alpha value is -1.84. The Balaban J connectivity index is 1.43. The van der Waals surface area contributed by atoms with E-state index in [1.54, 1.807) is 12.1 Å². The standard InChI is InChI=1S/C22H30N2O2/c1-21(2,3)24-19(25)17-4-6-18(7-5-17)23-20(26)22-11-14-8-15(12-22)10-16(9-14)13-22/h4-7,14-16H,8-13H2,1-3H3,(H,23,26)(H,24,25). The summed E-state index contributed by atoms with van der Waals surface area (Å²) < 4.78 is 0. The minimum Gasteiger partial charge on any atom is -0.347 e. The summed E-state index contributed by atoms with van der Waals surface area (Å²) in [6.45, 7) is 5.89. The van der Waals surface area contributed by atoms with Crippen LogP contribution in [0.1, 0.15) is 69.7 Å². The molecule has 4 fully saturated rings. The van der Waals surface area contributed by atoms with Crippen molar-refractivity contribution < 1.29 is 9.59 Å². The molecule has 2 amide bonds. The molecular formula is C22H30N2O2. The smallest absolute Gasteiger partial charge is 0.251 e. The first-order valence-corrected chi connectivity index (χ1v) is 9.96. The quantitative estimate of drug-likeness (QED) is 0.847. The molecule has 4 aliphatic rings. The second-order valence-corrected chi connectivity index (χ2v) is 9.93. The summed E-state index contributed by atoms with van der Waals surface area (Å²) in [5.41, 5.74) is 1.00. The van der Waals surface area contributed by atoms with E-state index in [2.05, 4.69) is 10.6 Å². The topological polar surface area (TPSA) is 58.2 Å². The van der Waals surface area contributed by atoms with Crippen LogP contribution in [-0.2, 0) is 4.79 Å². The van der Waals surface area contributed by atoms with Gasteiger partial charge in [0.15, 0.2) is 0 Å². The van der Waals surface area contributed by atoms with Crippen LogP contribution in [0.25, 0.3) is 0 Å². The van der Waals surface area contributed by atoms with Crippen molar-refractivity contribution >= 4 is 17.5 Å². The highest BCUT2D eigenvalue weighted by molar-refractivity contribution is 5.97. The zero-order chi connectivity index (χ0) is 18.5. The van der Waals surface area contributed by atoms with Crippen LogP contribution in [0.3, 0.4) is 0 Å². The molecule has 2 N–H and O–H groups in total. The molecule has 0 radical (unpaired) electrons. The maximum absolute atomic E-state index is 13.1. The second kappa shape index (κ2) is 6.11. The minimum absolute atomic E-state index is 0.0866. The van der Waals surface area contributed by atoms with E-state index >= 15 is 0 Å². The van der Waals surface area contributed by atoms with Crippen LogP contribution in [-0.4, -0.2) is 17.4 Å². The van der Waals surface area contributed by atoms with Gasteiger partial charge in [0, 0.05) is 16.8 Å². The van der Waals surface area contributed by atoms with Gasteiger partial charge < -0.3 is 10.6 Å². The largest absolute Gasteiger partial charge is 0.347 e. The van der Waals surface area contributed by atoms with Crippen molar-refractivity contribution in [3.63, 3.8) is 0 Å². The molecular weight excluding hydrogens is 324 g/mol. The molecule has 0 spiro atoms. The predicted molar refractivity (Wildman–Crippen MR) is 103 cm³/mol. The summed E-state index contributed by atoms with van der Waals surface area (Å²) >= 11 is 0. The molecule has 5 rings (SSSR count). The average Bonchev–Trinajstić information content (AvgIpc) is 2.52. The van der Waals surface area contributed by atoms with Crippen molar-refractivity contribution in [2.75, 3.05) is 5.32 Å². The van der Waals surface area contributed by atoms with Gasteiger partial charge in [-0.15, -0.1) is 0 Å². The van der Waals surface area contributed by atoms with E-state index in [1.807, 2.05) is 32.9 Å². The maximum Gasteiger partial charge on any atom is 0.251 e. The van der Waals surface area contributed by atoms with Gasteiger partial charge in [-0.1, -0.05) is 0 Å². The molecule has 4 bridgehead atoms. The zero-order valence-corrected chi connectivity index (χ0v) is 16.1. The highest BCUT2D eigenvalue weighted by Crippen LogP contribution is 2.60. The van der Waals surface area contributed by atoms with E-state index in [-0.39, 0.29) is 22.8 Å². The van der Waals surface area contributed by atoms with Crippen LogP contribution in [0.4, 0.5) is 5.69 Å². The number of hydrogen-bond acceptors (Lipinski definition) is 2. The van der Waals surface area contributed by atoms with Gasteiger partial charge in [-0.2, -0.15) is 0 Å². The van der Waals surface area contributed by atoms with Gasteiger partial charge in [0.05, 0.1) is 5.41 Å². The number of hydrogen-bond donors (Lipinski definition) is 2. The molecule has 4 saturated carbocycles. The van der Waals surface area contributed by atoms with Gasteiger partial charge in [-0.25, -0.2) is 0 Å². The van der Waals surface area contributed by atoms with E-state index in [9.17, 15) is 9.59 Å². The van der Waals surface area contributed by atoms with Crippen molar-refractivity contribution in [2.45, 2.75) is 64.8 Å². The minimum atomic E-state index is -0.261. The van der Waals surface area contributed by atoms with Crippen molar-refractivity contribution in [2.24, 2.45) is 23.2 Å². The fraction of sp³-hybridized carbons (Fsp3) is 0.636. The monoisotopic (exact) mass is 354 g/mol. The molecule has 4 heteroatoms. The predicted octanol–water partition coefficient (Wildman–Crippen LogP) is 4.37. The van der Waals surface area contributed by atoms with Crippen LogP contribution in [0, 0.1) is 23.2 Å². The van der Waals surface area contributed by atoms with E-state index in [4.69, 9.17) is 0 Å². The van der Waals surface area contributed by atoms with E-state index in [1.165, 1.54) is 19.3 Å². The molecule has 0 heterocycles. The van der Waals surface area contributed by atoms with Crippen LogP contribution in [0.5, 0.6) is 0 Å². The molecule has 26 heavy (non-hydrogen) atoms. The lowest BCUT2D eigenvalue weighted by Crippen LogP contribution is -2.51. The molecule has 0 aliphatic heterocycles. The van der Waals surface area contributed by atoms with E-state index in [0.29, 0.717) is 5.56 Å². The van der Waals surface area contributed by atoms with E-state index in [0.717, 1.165) is 42.7 Å². The number of benzene rings is 1. The number of carbonyl (C=O) groups is 2. The van der Waals surface area contributed by atoms with Crippen LogP contribution < -0.4 is 10.6 Å². The molecule has 1 aromatic rings. The number of nitrogens with one attached hydrogen (secondary N) is 2. The number of amides is 2. The summed E-state index contributed by atoms with van der Waals surface area (Å²) in [6.07, 6.45) is 7.21.